The highest BCUT2D eigenvalue weighted by Gasteiger charge is 2.04. The summed E-state index contributed by atoms with van der Waals surface area (Å²) < 4.78 is 1.87. The molecule has 0 unspecified atom stereocenters. The minimum Gasteiger partial charge on any atom is -0.352 e. The van der Waals surface area contributed by atoms with E-state index < -0.39 is 4.92 Å². The van der Waals surface area contributed by atoms with Crippen LogP contribution in [0.25, 0.3) is 0 Å². The number of nitro groups is 1. The van der Waals surface area contributed by atoms with Crippen molar-refractivity contribution in [3.63, 3.8) is 0 Å². The molecule has 9 heteroatoms. The van der Waals surface area contributed by atoms with Crippen molar-refractivity contribution in [2.45, 2.75) is 6.54 Å². The van der Waals surface area contributed by atoms with Crippen molar-refractivity contribution in [2.24, 2.45) is 7.05 Å². The molecule has 1 aromatic carbocycles. The van der Waals surface area contributed by atoms with Crippen molar-refractivity contribution in [1.29, 1.82) is 0 Å². The molecule has 6 nitrogen and oxygen atoms in total. The van der Waals surface area contributed by atoms with Gasteiger partial charge in [0.05, 0.1) is 4.92 Å². The number of hydrogen-bond acceptors (Lipinski definition) is 4. The van der Waals surface area contributed by atoms with Crippen LogP contribution in [0, 0.1) is 10.1 Å². The fourth-order valence-corrected chi connectivity index (χ4v) is 1.45. The molecule has 0 radical (unpaired) electrons. The number of imidazole rings is 1. The van der Waals surface area contributed by atoms with Crippen molar-refractivity contribution >= 4 is 48.9 Å². The van der Waals surface area contributed by atoms with Gasteiger partial charge in [-0.2, -0.15) is 0 Å². The number of nitrogens with zero attached hydrogens (tertiary/aromatic N) is 3. The molecule has 0 saturated carbocycles. The lowest BCUT2D eigenvalue weighted by Gasteiger charge is -2.05. The zero-order chi connectivity index (χ0) is 12.3. The number of nitro benzene ring substituents is 1. The SMILES string of the molecule is Cl.Cl.Cl.Cn1ccnc1NCc1ccc([N+](=O)[O-])cc1. The average Bonchev–Trinajstić information content (AvgIpc) is 2.73. The first-order valence-electron chi connectivity index (χ1n) is 5.11. The molecular formula is C11H15Cl3N4O2. The van der Waals surface area contributed by atoms with Crippen LogP contribution in [-0.2, 0) is 13.6 Å². The Bertz CT molecular complexity index is 531. The standard InChI is InChI=1S/C11H12N4O2.3ClH/c1-14-7-6-12-11(14)13-8-9-2-4-10(5-3-9)15(16)17;;;/h2-7H,8H2,1H3,(H,12,13);3*1H. The summed E-state index contributed by atoms with van der Waals surface area (Å²) in [6.07, 6.45) is 3.55. The van der Waals surface area contributed by atoms with E-state index in [4.69, 9.17) is 0 Å². The van der Waals surface area contributed by atoms with Gasteiger partial charge in [-0.3, -0.25) is 10.1 Å². The predicted molar refractivity (Wildman–Crippen MR) is 85.4 cm³/mol. The molecule has 0 aliphatic carbocycles. The second-order valence-corrected chi connectivity index (χ2v) is 3.64. The first kappa shape index (κ1) is 20.8. The van der Waals surface area contributed by atoms with Gasteiger partial charge in [-0.25, -0.2) is 4.98 Å². The molecule has 0 atom stereocenters. The van der Waals surface area contributed by atoms with E-state index in [1.54, 1.807) is 18.3 Å². The van der Waals surface area contributed by atoms with Gasteiger partial charge in [0.25, 0.3) is 5.69 Å². The van der Waals surface area contributed by atoms with E-state index in [0.717, 1.165) is 11.5 Å². The molecule has 0 fully saturated rings. The Morgan fingerprint density at radius 3 is 2.30 bits per heavy atom. The van der Waals surface area contributed by atoms with Crippen LogP contribution in [0.1, 0.15) is 5.56 Å². The van der Waals surface area contributed by atoms with E-state index in [0.29, 0.717) is 6.54 Å². The molecule has 0 saturated heterocycles. The Labute approximate surface area is 135 Å². The molecule has 1 N–H and O–H groups in total. The van der Waals surface area contributed by atoms with Gasteiger partial charge in [-0.1, -0.05) is 12.1 Å². The molecule has 0 bridgehead atoms. The summed E-state index contributed by atoms with van der Waals surface area (Å²) in [4.78, 5) is 14.2. The van der Waals surface area contributed by atoms with Crippen LogP contribution in [0.15, 0.2) is 36.7 Å². The lowest BCUT2D eigenvalue weighted by atomic mass is 10.2. The first-order chi connectivity index (χ1) is 8.16. The molecule has 1 heterocycles. The second-order valence-electron chi connectivity index (χ2n) is 3.64. The van der Waals surface area contributed by atoms with Crippen LogP contribution in [-0.4, -0.2) is 14.5 Å². The third kappa shape index (κ3) is 5.24. The maximum Gasteiger partial charge on any atom is 0.269 e. The third-order valence-electron chi connectivity index (χ3n) is 2.42. The van der Waals surface area contributed by atoms with E-state index in [2.05, 4.69) is 10.3 Å². The second kappa shape index (κ2) is 9.41. The molecule has 20 heavy (non-hydrogen) atoms. The third-order valence-corrected chi connectivity index (χ3v) is 2.42. The van der Waals surface area contributed by atoms with Crippen LogP contribution in [0.4, 0.5) is 11.6 Å². The Morgan fingerprint density at radius 1 is 1.25 bits per heavy atom. The van der Waals surface area contributed by atoms with E-state index in [1.165, 1.54) is 12.1 Å². The Morgan fingerprint density at radius 2 is 1.85 bits per heavy atom. The topological polar surface area (TPSA) is 73.0 Å². The number of halogens is 3. The molecule has 0 amide bonds. The first-order valence-corrected chi connectivity index (χ1v) is 5.11. The summed E-state index contributed by atoms with van der Waals surface area (Å²) in [5.41, 5.74) is 1.07. The zero-order valence-corrected chi connectivity index (χ0v) is 13.0. The van der Waals surface area contributed by atoms with E-state index in [9.17, 15) is 10.1 Å². The fraction of sp³-hybridized carbons (Fsp3) is 0.182. The zero-order valence-electron chi connectivity index (χ0n) is 10.6. The summed E-state index contributed by atoms with van der Waals surface area (Å²) in [5.74, 6) is 0.767. The molecular weight excluding hydrogens is 327 g/mol. The maximum atomic E-state index is 10.5. The number of nitrogens with one attached hydrogen (secondary N) is 1. The molecule has 1 aromatic heterocycles. The van der Waals surface area contributed by atoms with Crippen molar-refractivity contribution in [3.05, 3.63) is 52.3 Å². The lowest BCUT2D eigenvalue weighted by Crippen LogP contribution is -2.04. The number of non-ortho nitro benzene ring substituents is 1. The van der Waals surface area contributed by atoms with Crippen LogP contribution >= 0.6 is 37.2 Å². The summed E-state index contributed by atoms with van der Waals surface area (Å²) in [7, 11) is 1.89. The Kier molecular flexibility index (Phi) is 9.79. The number of hydrogen-bond donors (Lipinski definition) is 1. The minimum absolute atomic E-state index is 0. The largest absolute Gasteiger partial charge is 0.352 e. The van der Waals surface area contributed by atoms with Crippen molar-refractivity contribution in [2.75, 3.05) is 5.32 Å². The van der Waals surface area contributed by atoms with Crippen LogP contribution in [0.5, 0.6) is 0 Å². The average molecular weight is 342 g/mol. The van der Waals surface area contributed by atoms with Gasteiger partial charge in [0.15, 0.2) is 0 Å². The van der Waals surface area contributed by atoms with Crippen LogP contribution in [0.2, 0.25) is 0 Å². The highest BCUT2D eigenvalue weighted by molar-refractivity contribution is 5.86. The molecule has 112 valence electrons. The molecule has 0 spiro atoms. The highest BCUT2D eigenvalue weighted by Crippen LogP contribution is 2.12. The van der Waals surface area contributed by atoms with Gasteiger partial charge < -0.3 is 9.88 Å². The summed E-state index contributed by atoms with van der Waals surface area (Å²) in [6.45, 7) is 0.586. The number of rotatable bonds is 4. The van der Waals surface area contributed by atoms with E-state index >= 15 is 0 Å². The number of anilines is 1. The van der Waals surface area contributed by atoms with Gasteiger partial charge in [0, 0.05) is 38.1 Å². The lowest BCUT2D eigenvalue weighted by molar-refractivity contribution is -0.384. The number of aryl methyl sites for hydroxylation is 1. The van der Waals surface area contributed by atoms with Crippen molar-refractivity contribution in [3.8, 4) is 0 Å². The minimum atomic E-state index is -0.407. The summed E-state index contributed by atoms with van der Waals surface area (Å²) in [6, 6.07) is 6.45. The molecule has 2 rings (SSSR count). The molecule has 0 aliphatic rings. The maximum absolute atomic E-state index is 10.5. The van der Waals surface area contributed by atoms with Gasteiger partial charge >= 0.3 is 0 Å². The summed E-state index contributed by atoms with van der Waals surface area (Å²) >= 11 is 0. The van der Waals surface area contributed by atoms with Gasteiger partial charge in [0.2, 0.25) is 5.95 Å². The summed E-state index contributed by atoms with van der Waals surface area (Å²) in [5, 5.41) is 13.6. The number of aromatic nitrogens is 2. The smallest absolute Gasteiger partial charge is 0.269 e. The van der Waals surface area contributed by atoms with Gasteiger partial charge in [-0.15, -0.1) is 37.2 Å². The molecule has 0 aliphatic heterocycles. The predicted octanol–water partition coefficient (Wildman–Crippen LogP) is 3.21. The highest BCUT2D eigenvalue weighted by atomic mass is 35.5. The Hall–Kier alpha value is -1.50. The van der Waals surface area contributed by atoms with Gasteiger partial charge in [-0.05, 0) is 5.56 Å². The molecule has 2 aromatic rings. The van der Waals surface area contributed by atoms with Crippen molar-refractivity contribution < 1.29 is 4.92 Å². The quantitative estimate of drug-likeness (QED) is 0.684. The van der Waals surface area contributed by atoms with E-state index in [1.807, 2.05) is 17.8 Å². The monoisotopic (exact) mass is 340 g/mol. The normalized spacial score (nSPS) is 8.65. The van der Waals surface area contributed by atoms with E-state index in [-0.39, 0.29) is 42.9 Å². The Balaban J connectivity index is 0. The number of benzene rings is 1. The van der Waals surface area contributed by atoms with Crippen LogP contribution in [0.3, 0.4) is 0 Å². The fourth-order valence-electron chi connectivity index (χ4n) is 1.45. The van der Waals surface area contributed by atoms with Crippen molar-refractivity contribution in [1.82, 2.24) is 9.55 Å². The van der Waals surface area contributed by atoms with Gasteiger partial charge in [0.1, 0.15) is 0 Å². The van der Waals surface area contributed by atoms with Crippen LogP contribution < -0.4 is 5.32 Å².